The molecule has 4 nitrogen and oxygen atoms in total. The number of hydrogen-bond donors (Lipinski definition) is 1. The summed E-state index contributed by atoms with van der Waals surface area (Å²) in [5.74, 6) is 0.256. The van der Waals surface area contributed by atoms with E-state index >= 15 is 0 Å². The van der Waals surface area contributed by atoms with Crippen molar-refractivity contribution in [1.82, 2.24) is 5.32 Å². The van der Waals surface area contributed by atoms with Gasteiger partial charge < -0.3 is 15.0 Å². The lowest BCUT2D eigenvalue weighted by molar-refractivity contribution is -0.126. The molecule has 0 spiro atoms. The molecule has 3 rings (SSSR count). The summed E-state index contributed by atoms with van der Waals surface area (Å²) in [5.41, 5.74) is 1.02. The Kier molecular flexibility index (Phi) is 3.13. The molecule has 2 fully saturated rings. The minimum absolute atomic E-state index is 0.0265. The van der Waals surface area contributed by atoms with Gasteiger partial charge in [0, 0.05) is 18.5 Å². The lowest BCUT2D eigenvalue weighted by Gasteiger charge is -2.30. The number of nitrogens with zero attached hydrogens (tertiary/aromatic N) is 1. The SMILES string of the molecule is O=C1[C@@H]2CCNC[C@@H]2OCCN1c1ccsc1. The fourth-order valence-electron chi connectivity index (χ4n) is 2.56. The monoisotopic (exact) mass is 252 g/mol. The Morgan fingerprint density at radius 3 is 3.29 bits per heavy atom. The predicted molar refractivity (Wildman–Crippen MR) is 67.4 cm³/mol. The normalized spacial score (nSPS) is 29.9. The van der Waals surface area contributed by atoms with E-state index in [1.165, 1.54) is 0 Å². The van der Waals surface area contributed by atoms with Crippen LogP contribution < -0.4 is 10.2 Å². The minimum Gasteiger partial charge on any atom is -0.374 e. The zero-order valence-corrected chi connectivity index (χ0v) is 10.4. The first-order valence-corrected chi connectivity index (χ1v) is 6.96. The average molecular weight is 252 g/mol. The Morgan fingerprint density at radius 2 is 2.47 bits per heavy atom. The van der Waals surface area contributed by atoms with E-state index in [9.17, 15) is 4.79 Å². The van der Waals surface area contributed by atoms with E-state index in [1.54, 1.807) is 11.3 Å². The molecule has 2 aliphatic heterocycles. The zero-order valence-electron chi connectivity index (χ0n) is 9.59. The summed E-state index contributed by atoms with van der Waals surface area (Å²) >= 11 is 1.62. The van der Waals surface area contributed by atoms with Crippen molar-refractivity contribution in [2.24, 2.45) is 5.92 Å². The van der Waals surface area contributed by atoms with Gasteiger partial charge in [0.15, 0.2) is 0 Å². The van der Waals surface area contributed by atoms with Crippen molar-refractivity contribution in [1.29, 1.82) is 0 Å². The number of ether oxygens (including phenoxy) is 1. The average Bonchev–Trinajstić information content (AvgIpc) is 2.83. The van der Waals surface area contributed by atoms with Crippen LogP contribution in [0.2, 0.25) is 0 Å². The maximum absolute atomic E-state index is 12.5. The van der Waals surface area contributed by atoms with Crippen LogP contribution in [-0.4, -0.2) is 38.3 Å². The van der Waals surface area contributed by atoms with E-state index in [0.717, 1.165) is 25.2 Å². The van der Waals surface area contributed by atoms with E-state index in [2.05, 4.69) is 5.32 Å². The molecule has 92 valence electrons. The van der Waals surface area contributed by atoms with Crippen LogP contribution in [0.5, 0.6) is 0 Å². The van der Waals surface area contributed by atoms with E-state index in [4.69, 9.17) is 4.74 Å². The summed E-state index contributed by atoms with van der Waals surface area (Å²) in [4.78, 5) is 14.4. The van der Waals surface area contributed by atoms with Crippen molar-refractivity contribution in [3.63, 3.8) is 0 Å². The summed E-state index contributed by atoms with van der Waals surface area (Å²) in [6.45, 7) is 3.01. The van der Waals surface area contributed by atoms with Crippen LogP contribution in [0.15, 0.2) is 16.8 Å². The molecule has 0 unspecified atom stereocenters. The topological polar surface area (TPSA) is 41.6 Å². The first-order chi connectivity index (χ1) is 8.36. The second kappa shape index (κ2) is 4.76. The van der Waals surface area contributed by atoms with Gasteiger partial charge in [0.2, 0.25) is 5.91 Å². The molecule has 1 aromatic heterocycles. The van der Waals surface area contributed by atoms with Gasteiger partial charge >= 0.3 is 0 Å². The molecule has 2 aliphatic rings. The van der Waals surface area contributed by atoms with Crippen LogP contribution in [0.25, 0.3) is 0 Å². The zero-order chi connectivity index (χ0) is 11.7. The fraction of sp³-hybridized carbons (Fsp3) is 0.583. The van der Waals surface area contributed by atoms with Gasteiger partial charge in [0.05, 0.1) is 24.3 Å². The number of carbonyl (C=O) groups excluding carboxylic acids is 1. The third-order valence-electron chi connectivity index (χ3n) is 3.47. The first kappa shape index (κ1) is 11.2. The smallest absolute Gasteiger partial charge is 0.232 e. The lowest BCUT2D eigenvalue weighted by atomic mass is 9.93. The molecular weight excluding hydrogens is 236 g/mol. The summed E-state index contributed by atoms with van der Waals surface area (Å²) in [7, 11) is 0. The number of thiophene rings is 1. The van der Waals surface area contributed by atoms with Crippen LogP contribution in [0.1, 0.15) is 6.42 Å². The molecule has 3 heterocycles. The molecule has 0 saturated carbocycles. The molecule has 1 N–H and O–H groups in total. The van der Waals surface area contributed by atoms with Gasteiger partial charge in [-0.1, -0.05) is 0 Å². The molecule has 5 heteroatoms. The molecule has 0 radical (unpaired) electrons. The second-order valence-electron chi connectivity index (χ2n) is 4.48. The highest BCUT2D eigenvalue weighted by atomic mass is 32.1. The number of anilines is 1. The third kappa shape index (κ3) is 2.10. The van der Waals surface area contributed by atoms with Crippen molar-refractivity contribution >= 4 is 22.9 Å². The Balaban J connectivity index is 1.84. The molecule has 0 aromatic carbocycles. The van der Waals surface area contributed by atoms with E-state index < -0.39 is 0 Å². The van der Waals surface area contributed by atoms with E-state index in [1.807, 2.05) is 21.7 Å². The molecule has 0 aliphatic carbocycles. The van der Waals surface area contributed by atoms with Crippen molar-refractivity contribution in [2.45, 2.75) is 12.5 Å². The predicted octanol–water partition coefficient (Wildman–Crippen LogP) is 1.09. The quantitative estimate of drug-likeness (QED) is 0.813. The molecular formula is C12H16N2O2S. The molecule has 1 amide bonds. The maximum Gasteiger partial charge on any atom is 0.232 e. The van der Waals surface area contributed by atoms with Gasteiger partial charge in [-0.05, 0) is 24.4 Å². The highest BCUT2D eigenvalue weighted by Crippen LogP contribution is 2.26. The highest BCUT2D eigenvalue weighted by Gasteiger charge is 2.37. The van der Waals surface area contributed by atoms with Crippen LogP contribution >= 0.6 is 11.3 Å². The van der Waals surface area contributed by atoms with Crippen molar-refractivity contribution < 1.29 is 9.53 Å². The summed E-state index contributed by atoms with van der Waals surface area (Å²) < 4.78 is 5.78. The third-order valence-corrected chi connectivity index (χ3v) is 4.15. The van der Waals surface area contributed by atoms with Crippen molar-refractivity contribution in [3.05, 3.63) is 16.8 Å². The minimum atomic E-state index is 0.0265. The second-order valence-corrected chi connectivity index (χ2v) is 5.26. The van der Waals surface area contributed by atoms with Crippen molar-refractivity contribution in [2.75, 3.05) is 31.1 Å². The van der Waals surface area contributed by atoms with E-state index in [-0.39, 0.29) is 17.9 Å². The summed E-state index contributed by atoms with van der Waals surface area (Å²) in [6.07, 6.45) is 0.935. The number of nitrogens with one attached hydrogen (secondary N) is 1. The van der Waals surface area contributed by atoms with Crippen molar-refractivity contribution in [3.8, 4) is 0 Å². The molecule has 0 bridgehead atoms. The van der Waals surface area contributed by atoms with Gasteiger partial charge in [-0.3, -0.25) is 4.79 Å². The Hall–Kier alpha value is -0.910. The summed E-state index contributed by atoms with van der Waals surface area (Å²) in [6, 6.07) is 2.00. The Labute approximate surface area is 105 Å². The molecule has 1 aromatic rings. The Morgan fingerprint density at radius 1 is 1.53 bits per heavy atom. The first-order valence-electron chi connectivity index (χ1n) is 6.02. The largest absolute Gasteiger partial charge is 0.374 e. The van der Waals surface area contributed by atoms with Gasteiger partial charge in [0.25, 0.3) is 0 Å². The standard InChI is InChI=1S/C12H16N2O2S/c15-12-10-1-3-13-7-11(10)16-5-4-14(12)9-2-6-17-8-9/h2,6,8,10-11,13H,1,3-5,7H2/t10-,11+/m1/s1. The Bertz CT molecular complexity index is 393. The number of carbonyl (C=O) groups is 1. The molecule has 2 saturated heterocycles. The number of amides is 1. The lowest BCUT2D eigenvalue weighted by Crippen LogP contribution is -2.47. The number of piperidine rings is 1. The number of rotatable bonds is 1. The van der Waals surface area contributed by atoms with Gasteiger partial charge in [-0.2, -0.15) is 11.3 Å². The van der Waals surface area contributed by atoms with Gasteiger partial charge in [-0.25, -0.2) is 0 Å². The maximum atomic E-state index is 12.5. The van der Waals surface area contributed by atoms with Gasteiger partial charge in [-0.15, -0.1) is 0 Å². The van der Waals surface area contributed by atoms with Crippen LogP contribution in [0, 0.1) is 5.92 Å². The van der Waals surface area contributed by atoms with Gasteiger partial charge in [0.1, 0.15) is 0 Å². The van der Waals surface area contributed by atoms with Crippen LogP contribution in [0.4, 0.5) is 5.69 Å². The molecule has 2 atom stereocenters. The van der Waals surface area contributed by atoms with Crippen LogP contribution in [0.3, 0.4) is 0 Å². The van der Waals surface area contributed by atoms with E-state index in [0.29, 0.717) is 13.2 Å². The summed E-state index contributed by atoms with van der Waals surface area (Å²) in [5, 5.41) is 7.32. The number of fused-ring (bicyclic) bond motifs is 1. The number of hydrogen-bond acceptors (Lipinski definition) is 4. The highest BCUT2D eigenvalue weighted by molar-refractivity contribution is 7.08. The van der Waals surface area contributed by atoms with Crippen LogP contribution in [-0.2, 0) is 9.53 Å². The molecule has 17 heavy (non-hydrogen) atoms. The fourth-order valence-corrected chi connectivity index (χ4v) is 3.20.